The SMILES string of the molecule is CCC[C@@H]1C/C=C/c2cc3cc(ccc3cn2)[C@@H](C)NC(=O)[C@@H]2CCCN(N2)C(=O)[C@H](C)NC(=O)[C@H](C(C)C)OC1=O. The lowest BCUT2D eigenvalue weighted by molar-refractivity contribution is -0.163. The zero-order valence-electron chi connectivity index (χ0n) is 25.2. The largest absolute Gasteiger partial charge is 0.452 e. The van der Waals surface area contributed by atoms with Gasteiger partial charge in [0, 0.05) is 18.1 Å². The Morgan fingerprint density at radius 2 is 1.79 bits per heavy atom. The number of nitrogens with one attached hydrogen (secondary N) is 3. The maximum absolute atomic E-state index is 13.3. The summed E-state index contributed by atoms with van der Waals surface area (Å²) in [5.74, 6) is -2.24. The number of carbonyl (C=O) groups excluding carboxylic acids is 4. The van der Waals surface area contributed by atoms with Gasteiger partial charge in [-0.3, -0.25) is 29.2 Å². The van der Waals surface area contributed by atoms with Gasteiger partial charge in [-0.05, 0) is 74.6 Å². The summed E-state index contributed by atoms with van der Waals surface area (Å²) >= 11 is 0. The van der Waals surface area contributed by atoms with Crippen LogP contribution in [0.15, 0.2) is 36.5 Å². The third kappa shape index (κ3) is 7.53. The van der Waals surface area contributed by atoms with Gasteiger partial charge in [-0.15, -0.1) is 0 Å². The molecular weight excluding hydrogens is 534 g/mol. The van der Waals surface area contributed by atoms with E-state index >= 15 is 0 Å². The zero-order chi connectivity index (χ0) is 30.4. The van der Waals surface area contributed by atoms with E-state index in [4.69, 9.17) is 4.74 Å². The van der Waals surface area contributed by atoms with E-state index in [2.05, 4.69) is 21.0 Å². The Kier molecular flexibility index (Phi) is 10.3. The van der Waals surface area contributed by atoms with Crippen molar-refractivity contribution in [1.82, 2.24) is 26.1 Å². The highest BCUT2D eigenvalue weighted by Gasteiger charge is 2.34. The van der Waals surface area contributed by atoms with Crippen molar-refractivity contribution in [1.29, 1.82) is 0 Å². The number of nitrogens with zero attached hydrogens (tertiary/aromatic N) is 2. The predicted molar refractivity (Wildman–Crippen MR) is 161 cm³/mol. The molecule has 1 aromatic heterocycles. The fourth-order valence-electron chi connectivity index (χ4n) is 5.41. The molecule has 0 radical (unpaired) electrons. The number of esters is 1. The quantitative estimate of drug-likeness (QED) is 0.473. The van der Waals surface area contributed by atoms with Crippen molar-refractivity contribution in [2.45, 2.75) is 91.0 Å². The molecule has 0 saturated carbocycles. The lowest BCUT2D eigenvalue weighted by atomic mass is 9.98. The molecular formula is C32H43N5O5. The molecule has 1 fully saturated rings. The van der Waals surface area contributed by atoms with Gasteiger partial charge in [0.15, 0.2) is 6.10 Å². The number of rotatable bonds is 3. The highest BCUT2D eigenvalue weighted by atomic mass is 16.5. The van der Waals surface area contributed by atoms with E-state index in [0.29, 0.717) is 32.2 Å². The van der Waals surface area contributed by atoms with E-state index in [1.54, 1.807) is 20.8 Å². The minimum Gasteiger partial charge on any atom is -0.452 e. The van der Waals surface area contributed by atoms with Gasteiger partial charge in [0.1, 0.15) is 12.1 Å². The maximum Gasteiger partial charge on any atom is 0.310 e. The van der Waals surface area contributed by atoms with Crippen molar-refractivity contribution in [2.75, 3.05) is 6.54 Å². The van der Waals surface area contributed by atoms with E-state index < -0.39 is 36.0 Å². The fourth-order valence-corrected chi connectivity index (χ4v) is 5.41. The number of hydrogen-bond donors (Lipinski definition) is 3. The second kappa shape index (κ2) is 13.9. The van der Waals surface area contributed by atoms with Crippen LogP contribution in [0.1, 0.15) is 84.0 Å². The van der Waals surface area contributed by atoms with E-state index in [-0.39, 0.29) is 23.8 Å². The lowest BCUT2D eigenvalue weighted by Gasteiger charge is -2.35. The van der Waals surface area contributed by atoms with Gasteiger partial charge in [-0.2, -0.15) is 0 Å². The summed E-state index contributed by atoms with van der Waals surface area (Å²) in [7, 11) is 0. The maximum atomic E-state index is 13.3. The molecule has 3 heterocycles. The Morgan fingerprint density at radius 1 is 1.02 bits per heavy atom. The van der Waals surface area contributed by atoms with Gasteiger partial charge in [-0.25, -0.2) is 5.43 Å². The summed E-state index contributed by atoms with van der Waals surface area (Å²) in [4.78, 5) is 57.5. The van der Waals surface area contributed by atoms with E-state index in [1.165, 1.54) is 5.01 Å². The number of hydrogen-bond acceptors (Lipinski definition) is 7. The molecule has 2 aromatic rings. The Bertz CT molecular complexity index is 1340. The molecule has 1 saturated heterocycles. The molecule has 10 nitrogen and oxygen atoms in total. The van der Waals surface area contributed by atoms with Crippen LogP contribution in [0.25, 0.3) is 16.8 Å². The minimum atomic E-state index is -1.04. The average Bonchev–Trinajstić information content (AvgIpc) is 2.97. The van der Waals surface area contributed by atoms with Crippen molar-refractivity contribution in [2.24, 2.45) is 11.8 Å². The molecule has 42 heavy (non-hydrogen) atoms. The molecule has 3 amide bonds. The summed E-state index contributed by atoms with van der Waals surface area (Å²) in [5.41, 5.74) is 4.75. The molecule has 0 spiro atoms. The normalized spacial score (nSPS) is 27.3. The molecule has 5 bridgehead atoms. The van der Waals surface area contributed by atoms with Gasteiger partial charge < -0.3 is 15.4 Å². The summed E-state index contributed by atoms with van der Waals surface area (Å²) in [5, 5.41) is 9.17. The number of benzene rings is 1. The van der Waals surface area contributed by atoms with Crippen LogP contribution in [0.3, 0.4) is 0 Å². The molecule has 3 N–H and O–H groups in total. The third-order valence-electron chi connectivity index (χ3n) is 7.91. The van der Waals surface area contributed by atoms with Crippen LogP contribution in [0, 0.1) is 11.8 Å². The number of hydrazine groups is 1. The predicted octanol–water partition coefficient (Wildman–Crippen LogP) is 3.81. The van der Waals surface area contributed by atoms with Crippen molar-refractivity contribution in [3.05, 3.63) is 47.8 Å². The Hall–Kier alpha value is -3.79. The average molecular weight is 578 g/mol. The van der Waals surface area contributed by atoms with E-state index in [9.17, 15) is 19.2 Å². The summed E-state index contributed by atoms with van der Waals surface area (Å²) in [6, 6.07) is 6.26. The summed E-state index contributed by atoms with van der Waals surface area (Å²) in [6.45, 7) is 9.54. The van der Waals surface area contributed by atoms with Crippen LogP contribution in [0.4, 0.5) is 0 Å². The Morgan fingerprint density at radius 3 is 2.52 bits per heavy atom. The summed E-state index contributed by atoms with van der Waals surface area (Å²) in [6.07, 6.45) is 7.63. The highest BCUT2D eigenvalue weighted by Crippen LogP contribution is 2.23. The van der Waals surface area contributed by atoms with Crippen molar-refractivity contribution in [3.63, 3.8) is 0 Å². The van der Waals surface area contributed by atoms with E-state index in [1.807, 2.05) is 56.5 Å². The van der Waals surface area contributed by atoms with Gasteiger partial charge in [0.2, 0.25) is 5.91 Å². The minimum absolute atomic E-state index is 0.203. The standard InChI is InChI=1S/C32H43N5O5/c1-6-9-22-10-7-11-26-17-25-16-23(13-14-24(25)18-33-26)20(4)34-29(38)27-12-8-15-37(36-27)31(40)21(5)35-30(39)28(19(2)3)42-32(22)41/h7,11,13-14,16-22,27-28,36H,6,8-10,12,15H2,1-5H3,(H,34,38)(H,35,39)/b11-7+/t20-,21+,22-,27+,28+/m1/s1. The Balaban J connectivity index is 1.66. The molecule has 1 aromatic carbocycles. The van der Waals surface area contributed by atoms with Crippen LogP contribution in [-0.4, -0.2) is 58.4 Å². The van der Waals surface area contributed by atoms with Crippen LogP contribution >= 0.6 is 0 Å². The van der Waals surface area contributed by atoms with Gasteiger partial charge in [0.25, 0.3) is 11.8 Å². The van der Waals surface area contributed by atoms with Crippen molar-refractivity contribution < 1.29 is 23.9 Å². The highest BCUT2D eigenvalue weighted by molar-refractivity contribution is 5.91. The molecule has 4 rings (SSSR count). The second-order valence-corrected chi connectivity index (χ2v) is 11.7. The first-order valence-electron chi connectivity index (χ1n) is 15.0. The molecule has 2 aliphatic rings. The molecule has 0 unspecified atom stereocenters. The number of ether oxygens (including phenoxy) is 1. The van der Waals surface area contributed by atoms with E-state index in [0.717, 1.165) is 28.5 Å². The van der Waals surface area contributed by atoms with Gasteiger partial charge >= 0.3 is 5.97 Å². The first kappa shape index (κ1) is 31.2. The number of aromatic nitrogens is 1. The zero-order valence-corrected chi connectivity index (χ0v) is 25.2. The van der Waals surface area contributed by atoms with Gasteiger partial charge in [0.05, 0.1) is 17.7 Å². The molecule has 5 atom stereocenters. The van der Waals surface area contributed by atoms with Gasteiger partial charge in [-0.1, -0.05) is 45.4 Å². The third-order valence-corrected chi connectivity index (χ3v) is 7.91. The fraction of sp³-hybridized carbons (Fsp3) is 0.531. The van der Waals surface area contributed by atoms with Crippen LogP contribution in [0.5, 0.6) is 0 Å². The van der Waals surface area contributed by atoms with Crippen molar-refractivity contribution in [3.8, 4) is 0 Å². The number of fused-ring (bicyclic) bond motifs is 4. The first-order valence-corrected chi connectivity index (χ1v) is 15.0. The second-order valence-electron chi connectivity index (χ2n) is 11.7. The number of amides is 3. The Labute approximate surface area is 247 Å². The number of allylic oxidation sites excluding steroid dienone is 1. The number of carbonyl (C=O) groups is 4. The smallest absolute Gasteiger partial charge is 0.310 e. The molecule has 10 heteroatoms. The molecule has 0 aliphatic carbocycles. The monoisotopic (exact) mass is 577 g/mol. The number of pyridine rings is 1. The lowest BCUT2D eigenvalue weighted by Crippen LogP contribution is -2.61. The van der Waals surface area contributed by atoms with Crippen LogP contribution < -0.4 is 16.1 Å². The topological polar surface area (TPSA) is 130 Å². The molecule has 226 valence electrons. The van der Waals surface area contributed by atoms with Crippen LogP contribution in [-0.2, 0) is 23.9 Å². The first-order chi connectivity index (χ1) is 20.1. The van der Waals surface area contributed by atoms with Crippen molar-refractivity contribution >= 4 is 40.5 Å². The van der Waals surface area contributed by atoms with Crippen LogP contribution in [0.2, 0.25) is 0 Å². The summed E-state index contributed by atoms with van der Waals surface area (Å²) < 4.78 is 5.76. The number of cyclic esters (lactones) is 1. The molecule has 2 aliphatic heterocycles.